The van der Waals surface area contributed by atoms with Crippen LogP contribution in [0.2, 0.25) is 5.15 Å². The Labute approximate surface area is 305 Å². The minimum atomic E-state index is -3.63. The van der Waals surface area contributed by atoms with E-state index in [2.05, 4.69) is 34.6 Å². The third-order valence-corrected chi connectivity index (χ3v) is 9.21. The van der Waals surface area contributed by atoms with Gasteiger partial charge in [0.1, 0.15) is 22.4 Å². The van der Waals surface area contributed by atoms with E-state index in [0.29, 0.717) is 45.0 Å². The molecule has 0 spiro atoms. The van der Waals surface area contributed by atoms with Gasteiger partial charge in [-0.1, -0.05) is 38.1 Å². The number of hydrogen-bond donors (Lipinski definition) is 1. The van der Waals surface area contributed by atoms with E-state index in [-0.39, 0.29) is 26.2 Å². The monoisotopic (exact) mass is 782 g/mol. The maximum Gasteiger partial charge on any atom is 0.281 e. The fourth-order valence-corrected chi connectivity index (χ4v) is 6.33. The molecule has 0 amide bonds. The molecule has 0 radical (unpaired) electrons. The third-order valence-electron chi connectivity index (χ3n) is 8.31. The maximum absolute atomic E-state index is 14.7. The molecule has 20 heteroatoms. The van der Waals surface area contributed by atoms with Crippen molar-refractivity contribution < 1.29 is 34.8 Å². The average Bonchev–Trinajstić information content (AvgIpc) is 3.73. The zero-order valence-corrected chi connectivity index (χ0v) is 28.8. The summed E-state index contributed by atoms with van der Waals surface area (Å²) in [5.41, 5.74) is 2.12. The second-order valence-corrected chi connectivity index (χ2v) is 14.2. The highest BCUT2D eigenvalue weighted by Gasteiger charge is 2.49. The van der Waals surface area contributed by atoms with Crippen LogP contribution in [0.4, 0.5) is 32.2 Å². The first-order valence-electron chi connectivity index (χ1n) is 15.5. The molecule has 6 aromatic rings. The molecule has 1 N–H and O–H groups in total. The molecule has 1 aliphatic heterocycles. The van der Waals surface area contributed by atoms with Crippen LogP contribution >= 0.6 is 11.6 Å². The number of nitrogens with zero attached hydrogens (tertiary/aromatic N) is 9. The summed E-state index contributed by atoms with van der Waals surface area (Å²) in [5, 5.41) is 0.329. The molecule has 0 saturated carbocycles. The van der Waals surface area contributed by atoms with Crippen molar-refractivity contribution in [3.8, 4) is 22.8 Å². The molecule has 12 nitrogen and oxygen atoms in total. The first-order chi connectivity index (χ1) is 24.6. The highest BCUT2D eigenvalue weighted by atomic mass is 35.5. The Morgan fingerprint density at radius 1 is 0.830 bits per heavy atom. The van der Waals surface area contributed by atoms with E-state index in [4.69, 9.17) is 11.6 Å². The second kappa shape index (κ2) is 15.6. The zero-order chi connectivity index (χ0) is 37.4. The van der Waals surface area contributed by atoms with Crippen LogP contribution in [0.1, 0.15) is 38.6 Å². The molecule has 1 fully saturated rings. The number of hydrogen-bond acceptors (Lipinski definition) is 9. The Morgan fingerprint density at radius 3 is 1.87 bits per heavy atom. The minimum absolute atomic E-state index is 0. The van der Waals surface area contributed by atoms with Gasteiger partial charge in [0.15, 0.2) is 11.3 Å². The fraction of sp³-hybridized carbons (Fsp3) is 0.333. The fourth-order valence-electron chi connectivity index (χ4n) is 5.66. The number of aromatic nitrogens is 8. The van der Waals surface area contributed by atoms with Gasteiger partial charge in [0.25, 0.3) is 18.8 Å². The number of fused-ring (bicyclic) bond motifs is 2. The number of sulfonamides is 1. The van der Waals surface area contributed by atoms with Crippen molar-refractivity contribution >= 4 is 38.7 Å². The summed E-state index contributed by atoms with van der Waals surface area (Å²) in [6.45, 7) is 0.921. The van der Waals surface area contributed by atoms with Crippen LogP contribution in [-0.2, 0) is 10.0 Å². The van der Waals surface area contributed by atoms with E-state index < -0.39 is 52.9 Å². The smallest absolute Gasteiger partial charge is 0.281 e. The highest BCUT2D eigenvalue weighted by molar-refractivity contribution is 7.88. The lowest BCUT2D eigenvalue weighted by molar-refractivity contribution is -0.108. The topological polar surface area (TPSA) is 136 Å². The molecule has 2 atom stereocenters. The predicted octanol–water partition coefficient (Wildman–Crippen LogP) is 7.00. The number of nitrogens with one attached hydrogen (secondary N) is 1. The normalized spacial score (nSPS) is 17.2. The number of piperidine rings is 1. The van der Waals surface area contributed by atoms with E-state index in [0.717, 1.165) is 6.26 Å². The molecule has 0 aliphatic carbocycles. The summed E-state index contributed by atoms with van der Waals surface area (Å²) < 4.78 is 109. The Bertz CT molecular complexity index is 2320. The third kappa shape index (κ3) is 8.68. The van der Waals surface area contributed by atoms with Gasteiger partial charge in [-0.3, -0.25) is 8.80 Å². The number of imidazole rings is 2. The molecule has 0 unspecified atom stereocenters. The number of anilines is 1. The molecule has 7 rings (SSSR count). The molecule has 7 heterocycles. The SMILES string of the molecule is C.C[C@H]1CN(c2cccc(-c3cnc4cnc(C(F)F)cn34)n2)C[C@@H](CNS(C)(=O)=O)C1(F)F.FC(F)c1cn2c(-c3cccc(Cl)n3)cnc2cn1. The van der Waals surface area contributed by atoms with E-state index in [1.165, 1.54) is 46.7 Å². The van der Waals surface area contributed by atoms with Crippen LogP contribution in [-0.4, -0.2) is 78.9 Å². The van der Waals surface area contributed by atoms with E-state index in [1.54, 1.807) is 47.5 Å². The molecular formula is C33H33ClF6N10O2S. The standard InChI is InChI=1S/C20H22F4N6O2S.C12H7ClF2N4.CH4/c1-12-9-29(10-13(20(12,23)24)6-27-33(2,31)32)17-5-3-4-14(28-17)16-7-26-18-8-25-15(19(21)22)11-30(16)18;13-10-3-1-2-7(18-10)9-4-17-11-5-16-8(12(14)15)6-19(9)11;/h3-5,7-8,11-13,19,27H,6,9-10H2,1-2H3;1-6,12H;1H4/t12-,13+;;/m0../s1. The van der Waals surface area contributed by atoms with Crippen molar-refractivity contribution in [3.63, 3.8) is 0 Å². The lowest BCUT2D eigenvalue weighted by atomic mass is 9.86. The van der Waals surface area contributed by atoms with Gasteiger partial charge >= 0.3 is 0 Å². The second-order valence-electron chi connectivity index (χ2n) is 12.0. The Balaban J connectivity index is 0.000000230. The van der Waals surface area contributed by atoms with Crippen LogP contribution in [0, 0.1) is 11.8 Å². The van der Waals surface area contributed by atoms with Crippen molar-refractivity contribution in [2.45, 2.75) is 33.1 Å². The summed E-state index contributed by atoms with van der Waals surface area (Å²) in [6, 6.07) is 10.1. The summed E-state index contributed by atoms with van der Waals surface area (Å²) in [6.07, 6.45) is 3.54. The average molecular weight is 783 g/mol. The first kappa shape index (κ1) is 39.3. The van der Waals surface area contributed by atoms with Crippen molar-refractivity contribution in [2.24, 2.45) is 11.8 Å². The zero-order valence-electron chi connectivity index (χ0n) is 27.3. The van der Waals surface area contributed by atoms with Gasteiger partial charge in [-0.15, -0.1) is 0 Å². The Hall–Kier alpha value is -4.88. The molecule has 282 valence electrons. The summed E-state index contributed by atoms with van der Waals surface area (Å²) in [5.74, 6) is -4.95. The van der Waals surface area contributed by atoms with E-state index in [9.17, 15) is 34.8 Å². The van der Waals surface area contributed by atoms with Gasteiger partial charge in [0.05, 0.1) is 59.7 Å². The Morgan fingerprint density at radius 2 is 1.36 bits per heavy atom. The lowest BCUT2D eigenvalue weighted by Crippen LogP contribution is -2.56. The lowest BCUT2D eigenvalue weighted by Gasteiger charge is -2.43. The van der Waals surface area contributed by atoms with Crippen molar-refractivity contribution in [1.82, 2.24) is 43.4 Å². The molecule has 6 aromatic heterocycles. The minimum Gasteiger partial charge on any atom is -0.356 e. The molecule has 1 saturated heterocycles. The van der Waals surface area contributed by atoms with Crippen LogP contribution in [0.25, 0.3) is 34.1 Å². The van der Waals surface area contributed by atoms with Crippen LogP contribution in [0.15, 0.2) is 73.6 Å². The molecule has 53 heavy (non-hydrogen) atoms. The largest absolute Gasteiger partial charge is 0.356 e. The maximum atomic E-state index is 14.7. The summed E-state index contributed by atoms with van der Waals surface area (Å²) >= 11 is 5.82. The number of halogens is 7. The molecule has 0 bridgehead atoms. The highest BCUT2D eigenvalue weighted by Crippen LogP contribution is 2.39. The number of alkyl halides is 6. The quantitative estimate of drug-likeness (QED) is 0.128. The van der Waals surface area contributed by atoms with Gasteiger partial charge in [0.2, 0.25) is 10.0 Å². The van der Waals surface area contributed by atoms with Gasteiger partial charge in [-0.25, -0.2) is 69.4 Å². The van der Waals surface area contributed by atoms with Gasteiger partial charge in [0, 0.05) is 37.9 Å². The van der Waals surface area contributed by atoms with Crippen molar-refractivity contribution in [1.29, 1.82) is 0 Å². The number of rotatable bonds is 8. The van der Waals surface area contributed by atoms with E-state index in [1.807, 2.05) is 0 Å². The van der Waals surface area contributed by atoms with Crippen molar-refractivity contribution in [2.75, 3.05) is 30.8 Å². The van der Waals surface area contributed by atoms with Gasteiger partial charge in [-0.2, -0.15) is 0 Å². The van der Waals surface area contributed by atoms with Crippen LogP contribution < -0.4 is 9.62 Å². The molecular weight excluding hydrogens is 750 g/mol. The van der Waals surface area contributed by atoms with Gasteiger partial charge < -0.3 is 4.90 Å². The predicted molar refractivity (Wildman–Crippen MR) is 187 cm³/mol. The van der Waals surface area contributed by atoms with Gasteiger partial charge in [-0.05, 0) is 24.3 Å². The summed E-state index contributed by atoms with van der Waals surface area (Å²) in [4.78, 5) is 26.0. The number of pyridine rings is 2. The first-order valence-corrected chi connectivity index (χ1v) is 17.8. The van der Waals surface area contributed by atoms with Crippen LogP contribution in [0.3, 0.4) is 0 Å². The summed E-state index contributed by atoms with van der Waals surface area (Å²) in [7, 11) is -3.63. The van der Waals surface area contributed by atoms with E-state index >= 15 is 0 Å². The molecule has 1 aliphatic rings. The molecule has 0 aromatic carbocycles. The Kier molecular flexibility index (Phi) is 11.6. The van der Waals surface area contributed by atoms with Crippen LogP contribution in [0.5, 0.6) is 0 Å². The van der Waals surface area contributed by atoms with Crippen molar-refractivity contribution in [3.05, 3.63) is 90.1 Å².